The van der Waals surface area contributed by atoms with Gasteiger partial charge in [0.25, 0.3) is 0 Å². The van der Waals surface area contributed by atoms with Crippen molar-refractivity contribution in [1.29, 1.82) is 0 Å². The maximum absolute atomic E-state index is 11.5. The predicted octanol–water partition coefficient (Wildman–Crippen LogP) is 3.29. The molecule has 0 spiro atoms. The molecule has 78 valence electrons. The van der Waals surface area contributed by atoms with Crippen LogP contribution in [-0.2, 0) is 4.74 Å². The van der Waals surface area contributed by atoms with E-state index >= 15 is 0 Å². The highest BCUT2D eigenvalue weighted by Crippen LogP contribution is 2.31. The maximum Gasteiger partial charge on any atom is 0.341 e. The molecule has 0 fully saturated rings. The molecule has 0 aliphatic carbocycles. The zero-order chi connectivity index (χ0) is 11.0. The van der Waals surface area contributed by atoms with Gasteiger partial charge in [0, 0.05) is 9.86 Å². The van der Waals surface area contributed by atoms with Crippen molar-refractivity contribution in [2.24, 2.45) is 0 Å². The number of benzene rings is 1. The minimum absolute atomic E-state index is 0.387. The van der Waals surface area contributed by atoms with Crippen molar-refractivity contribution in [3.63, 3.8) is 0 Å². The van der Waals surface area contributed by atoms with E-state index in [0.29, 0.717) is 11.1 Å². The molecule has 2 rings (SSSR count). The molecular weight excluding hydrogens is 260 g/mol. The molecule has 3 nitrogen and oxygen atoms in total. The highest BCUT2D eigenvalue weighted by atomic mass is 79.9. The van der Waals surface area contributed by atoms with E-state index < -0.39 is 0 Å². The fourth-order valence-electron chi connectivity index (χ4n) is 1.53. The van der Waals surface area contributed by atoms with E-state index in [4.69, 9.17) is 4.42 Å². The second-order valence-corrected chi connectivity index (χ2v) is 4.06. The van der Waals surface area contributed by atoms with Gasteiger partial charge in [-0.05, 0) is 24.6 Å². The number of furan rings is 1. The van der Waals surface area contributed by atoms with Gasteiger partial charge in [-0.25, -0.2) is 4.79 Å². The number of carbonyl (C=O) groups excluding carboxylic acids is 1. The van der Waals surface area contributed by atoms with Crippen LogP contribution in [0.15, 0.2) is 27.3 Å². The number of fused-ring (bicyclic) bond motifs is 1. The third-order valence-electron chi connectivity index (χ3n) is 2.26. The average molecular weight is 269 g/mol. The van der Waals surface area contributed by atoms with Crippen LogP contribution in [0.3, 0.4) is 0 Å². The van der Waals surface area contributed by atoms with Crippen molar-refractivity contribution >= 4 is 32.9 Å². The highest BCUT2D eigenvalue weighted by molar-refractivity contribution is 9.10. The normalized spacial score (nSPS) is 10.6. The van der Waals surface area contributed by atoms with Crippen molar-refractivity contribution in [2.75, 3.05) is 7.11 Å². The lowest BCUT2D eigenvalue weighted by Crippen LogP contribution is -2.01. The first-order valence-electron chi connectivity index (χ1n) is 4.39. The van der Waals surface area contributed by atoms with E-state index in [0.717, 1.165) is 15.4 Å². The van der Waals surface area contributed by atoms with E-state index in [1.807, 2.05) is 13.0 Å². The number of ether oxygens (including phenoxy) is 1. The molecular formula is C11H9BrO3. The van der Waals surface area contributed by atoms with Gasteiger partial charge in [0.2, 0.25) is 0 Å². The van der Waals surface area contributed by atoms with Crippen molar-refractivity contribution < 1.29 is 13.9 Å². The Bertz CT molecular complexity index is 528. The van der Waals surface area contributed by atoms with Crippen LogP contribution in [0.4, 0.5) is 0 Å². The van der Waals surface area contributed by atoms with Gasteiger partial charge in [-0.3, -0.25) is 0 Å². The monoisotopic (exact) mass is 268 g/mol. The maximum atomic E-state index is 11.5. The molecule has 1 aromatic heterocycles. The van der Waals surface area contributed by atoms with E-state index in [1.165, 1.54) is 7.11 Å². The van der Waals surface area contributed by atoms with Crippen molar-refractivity contribution in [2.45, 2.75) is 6.92 Å². The van der Waals surface area contributed by atoms with Crippen molar-refractivity contribution in [3.8, 4) is 0 Å². The number of carbonyl (C=O) groups is 1. The predicted molar refractivity (Wildman–Crippen MR) is 60.0 cm³/mol. The van der Waals surface area contributed by atoms with Crippen LogP contribution >= 0.6 is 15.9 Å². The lowest BCUT2D eigenvalue weighted by atomic mass is 10.1. The van der Waals surface area contributed by atoms with Crippen molar-refractivity contribution in [1.82, 2.24) is 0 Å². The van der Waals surface area contributed by atoms with Crippen LogP contribution in [0.1, 0.15) is 15.9 Å². The quantitative estimate of drug-likeness (QED) is 0.746. The third kappa shape index (κ3) is 1.55. The molecule has 0 aliphatic rings. The number of esters is 1. The Balaban J connectivity index is 2.78. The second-order valence-electron chi connectivity index (χ2n) is 3.21. The Morgan fingerprint density at radius 1 is 1.47 bits per heavy atom. The molecule has 2 aromatic rings. The fraction of sp³-hybridized carbons (Fsp3) is 0.182. The summed E-state index contributed by atoms with van der Waals surface area (Å²) in [6.07, 6.45) is 1.63. The second kappa shape index (κ2) is 3.70. The Kier molecular flexibility index (Phi) is 2.52. The molecule has 0 radical (unpaired) electrons. The van der Waals surface area contributed by atoms with Gasteiger partial charge in [0.15, 0.2) is 0 Å². The molecule has 0 saturated heterocycles. The summed E-state index contributed by atoms with van der Waals surface area (Å²) in [5.74, 6) is -0.387. The van der Waals surface area contributed by atoms with Crippen LogP contribution in [0, 0.1) is 6.92 Å². The van der Waals surface area contributed by atoms with Gasteiger partial charge in [0.05, 0.1) is 13.4 Å². The largest absolute Gasteiger partial charge is 0.465 e. The summed E-state index contributed by atoms with van der Waals surface area (Å²) < 4.78 is 10.9. The molecule has 1 heterocycles. The number of halogens is 1. The molecule has 0 N–H and O–H groups in total. The van der Waals surface area contributed by atoms with Crippen LogP contribution in [-0.4, -0.2) is 13.1 Å². The van der Waals surface area contributed by atoms with Crippen LogP contribution in [0.25, 0.3) is 11.0 Å². The molecule has 0 bridgehead atoms. The Labute approximate surface area is 95.1 Å². The topological polar surface area (TPSA) is 39.4 Å². The minimum atomic E-state index is -0.387. The summed E-state index contributed by atoms with van der Waals surface area (Å²) in [5.41, 5.74) is 2.00. The Morgan fingerprint density at radius 2 is 2.20 bits per heavy atom. The van der Waals surface area contributed by atoms with Crippen LogP contribution in [0.5, 0.6) is 0 Å². The molecule has 0 amide bonds. The SMILES string of the molecule is COC(=O)c1ccc(Br)c2c(C)coc12. The first-order valence-corrected chi connectivity index (χ1v) is 5.19. The zero-order valence-electron chi connectivity index (χ0n) is 8.33. The summed E-state index contributed by atoms with van der Waals surface area (Å²) in [6.45, 7) is 1.93. The van der Waals surface area contributed by atoms with Crippen molar-refractivity contribution in [3.05, 3.63) is 34.0 Å². The third-order valence-corrected chi connectivity index (χ3v) is 2.92. The summed E-state index contributed by atoms with van der Waals surface area (Å²) in [7, 11) is 1.35. The fourth-order valence-corrected chi connectivity index (χ4v) is 2.15. The molecule has 0 unspecified atom stereocenters. The lowest BCUT2D eigenvalue weighted by molar-refractivity contribution is 0.0601. The first kappa shape index (κ1) is 10.2. The highest BCUT2D eigenvalue weighted by Gasteiger charge is 2.16. The number of hydrogen-bond donors (Lipinski definition) is 0. The Hall–Kier alpha value is -1.29. The molecule has 0 atom stereocenters. The number of rotatable bonds is 1. The lowest BCUT2D eigenvalue weighted by Gasteiger charge is -2.01. The summed E-state index contributed by atoms with van der Waals surface area (Å²) in [5, 5.41) is 0.915. The van der Waals surface area contributed by atoms with Gasteiger partial charge in [-0.15, -0.1) is 0 Å². The van der Waals surface area contributed by atoms with Gasteiger partial charge < -0.3 is 9.15 Å². The number of hydrogen-bond acceptors (Lipinski definition) is 3. The summed E-state index contributed by atoms with van der Waals surface area (Å²) in [4.78, 5) is 11.5. The van der Waals surface area contributed by atoms with E-state index in [2.05, 4.69) is 20.7 Å². The van der Waals surface area contributed by atoms with Crippen LogP contribution < -0.4 is 0 Å². The summed E-state index contributed by atoms with van der Waals surface area (Å²) in [6, 6.07) is 3.50. The van der Waals surface area contributed by atoms with Gasteiger partial charge in [0.1, 0.15) is 11.1 Å². The average Bonchev–Trinajstić information content (AvgIpc) is 2.61. The smallest absolute Gasteiger partial charge is 0.341 e. The number of aryl methyl sites for hydroxylation is 1. The van der Waals surface area contributed by atoms with E-state index in [9.17, 15) is 4.79 Å². The van der Waals surface area contributed by atoms with Crippen LogP contribution in [0.2, 0.25) is 0 Å². The summed E-state index contributed by atoms with van der Waals surface area (Å²) >= 11 is 3.42. The minimum Gasteiger partial charge on any atom is -0.465 e. The molecule has 0 saturated carbocycles. The number of methoxy groups -OCH3 is 1. The van der Waals surface area contributed by atoms with Gasteiger partial charge >= 0.3 is 5.97 Å². The Morgan fingerprint density at radius 3 is 2.87 bits per heavy atom. The molecule has 4 heteroatoms. The first-order chi connectivity index (χ1) is 7.15. The molecule has 1 aromatic carbocycles. The van der Waals surface area contributed by atoms with Gasteiger partial charge in [-0.1, -0.05) is 15.9 Å². The standard InChI is InChI=1S/C11H9BrO3/c1-6-5-15-10-7(11(13)14-2)3-4-8(12)9(6)10/h3-5H,1-2H3. The van der Waals surface area contributed by atoms with Gasteiger partial charge in [-0.2, -0.15) is 0 Å². The zero-order valence-corrected chi connectivity index (χ0v) is 9.92. The van der Waals surface area contributed by atoms with E-state index in [-0.39, 0.29) is 5.97 Å². The molecule has 15 heavy (non-hydrogen) atoms. The molecule has 0 aliphatic heterocycles. The van der Waals surface area contributed by atoms with E-state index in [1.54, 1.807) is 12.3 Å².